The number of nitrogens with one attached hydrogen (secondary N) is 1. The predicted octanol–water partition coefficient (Wildman–Crippen LogP) is 3.01. The van der Waals surface area contributed by atoms with E-state index in [0.717, 1.165) is 22.7 Å². The Morgan fingerprint density at radius 2 is 1.92 bits per heavy atom. The van der Waals surface area contributed by atoms with E-state index in [4.69, 9.17) is 11.6 Å². The van der Waals surface area contributed by atoms with Gasteiger partial charge in [0.1, 0.15) is 24.6 Å². The molecule has 1 aromatic heterocycles. The van der Waals surface area contributed by atoms with E-state index in [1.54, 1.807) is 10.6 Å². The van der Waals surface area contributed by atoms with Crippen LogP contribution in [0.2, 0.25) is 5.02 Å². The van der Waals surface area contributed by atoms with Crippen LogP contribution < -0.4 is 5.32 Å². The van der Waals surface area contributed by atoms with Crippen molar-refractivity contribution in [1.29, 1.82) is 0 Å². The molecular weight excluding hydrogens is 538 g/mol. The fraction of sp³-hybridized carbons (Fsp3) is 0.385. The molecule has 2 atom stereocenters. The van der Waals surface area contributed by atoms with Crippen LogP contribution in [0.4, 0.5) is 8.78 Å². The molecule has 2 aliphatic rings. The van der Waals surface area contributed by atoms with Crippen molar-refractivity contribution in [2.45, 2.75) is 44.7 Å². The number of alkyl halides is 1. The Bertz CT molecular complexity index is 1530. The number of hydrogen-bond donors (Lipinski definition) is 1. The number of rotatable bonds is 6. The summed E-state index contributed by atoms with van der Waals surface area (Å²) in [6.07, 6.45) is 0.113. The van der Waals surface area contributed by atoms with Gasteiger partial charge in [0, 0.05) is 41.7 Å². The lowest BCUT2D eigenvalue weighted by molar-refractivity contribution is -0.139. The van der Waals surface area contributed by atoms with E-state index >= 15 is 0 Å². The second-order valence-electron chi connectivity index (χ2n) is 9.70. The molecule has 0 aliphatic carbocycles. The summed E-state index contributed by atoms with van der Waals surface area (Å²) in [5, 5.41) is 3.46. The second kappa shape index (κ2) is 10.3. The van der Waals surface area contributed by atoms with E-state index in [0.29, 0.717) is 18.7 Å². The summed E-state index contributed by atoms with van der Waals surface area (Å²) in [5.41, 5.74) is 2.65. The maximum absolute atomic E-state index is 14.5. The highest BCUT2D eigenvalue weighted by Gasteiger charge is 2.40. The third-order valence-corrected chi connectivity index (χ3v) is 8.79. The van der Waals surface area contributed by atoms with Gasteiger partial charge in [0.05, 0.1) is 24.4 Å². The van der Waals surface area contributed by atoms with Gasteiger partial charge in [-0.15, -0.1) is 0 Å². The highest BCUT2D eigenvalue weighted by molar-refractivity contribution is 7.88. The van der Waals surface area contributed by atoms with Gasteiger partial charge in [0.2, 0.25) is 21.8 Å². The predicted molar refractivity (Wildman–Crippen MR) is 139 cm³/mol. The van der Waals surface area contributed by atoms with Crippen LogP contribution in [-0.2, 0) is 45.7 Å². The zero-order valence-electron chi connectivity index (χ0n) is 20.7. The first-order valence-corrected chi connectivity index (χ1v) is 14.5. The molecule has 1 saturated heterocycles. The van der Waals surface area contributed by atoms with Gasteiger partial charge in [0.15, 0.2) is 0 Å². The highest BCUT2D eigenvalue weighted by atomic mass is 35.5. The maximum Gasteiger partial charge on any atom is 0.243 e. The highest BCUT2D eigenvalue weighted by Crippen LogP contribution is 2.32. The summed E-state index contributed by atoms with van der Waals surface area (Å²) in [7, 11) is -3.44. The number of sulfonamides is 1. The van der Waals surface area contributed by atoms with Crippen molar-refractivity contribution >= 4 is 44.3 Å². The number of para-hydroxylation sites is 1. The molecule has 0 saturated carbocycles. The van der Waals surface area contributed by atoms with Crippen LogP contribution in [0.25, 0.3) is 10.9 Å². The van der Waals surface area contributed by atoms with Gasteiger partial charge >= 0.3 is 0 Å². The number of amides is 2. The molecule has 0 unspecified atom stereocenters. The molecule has 38 heavy (non-hydrogen) atoms. The molecule has 2 aromatic carbocycles. The topological polar surface area (TPSA) is 91.7 Å². The average Bonchev–Trinajstić information content (AvgIpc) is 3.42. The van der Waals surface area contributed by atoms with Gasteiger partial charge in [-0.25, -0.2) is 17.2 Å². The standard InChI is InChI=1S/C26H27ClF2N4O4S/c1-38(36,37)31-10-9-19-18-6-2-3-8-21(18)32(23(19)14-31)15-24(34)33-13-17(28)11-22(33)26(35)30-12-16-5-4-7-20(27)25(16)29/h2-8,17,22H,9-15H2,1H3,(H,30,35)/t17-,22+/m1/s1. The van der Waals surface area contributed by atoms with Gasteiger partial charge in [-0.2, -0.15) is 4.31 Å². The number of likely N-dealkylation sites (tertiary alicyclic amines) is 1. The quantitative estimate of drug-likeness (QED) is 0.498. The Balaban J connectivity index is 1.38. The summed E-state index contributed by atoms with van der Waals surface area (Å²) in [5.74, 6) is -1.69. The Morgan fingerprint density at radius 3 is 2.68 bits per heavy atom. The van der Waals surface area contributed by atoms with Crippen molar-refractivity contribution < 1.29 is 26.8 Å². The van der Waals surface area contributed by atoms with Gasteiger partial charge < -0.3 is 14.8 Å². The van der Waals surface area contributed by atoms with E-state index in [9.17, 15) is 26.8 Å². The number of carbonyl (C=O) groups excluding carboxylic acids is 2. The minimum absolute atomic E-state index is 0.0741. The fourth-order valence-corrected chi connectivity index (χ4v) is 6.33. The van der Waals surface area contributed by atoms with Gasteiger partial charge in [-0.05, 0) is 24.1 Å². The normalized spacial score (nSPS) is 20.1. The molecule has 1 N–H and O–H groups in total. The van der Waals surface area contributed by atoms with Gasteiger partial charge in [-0.3, -0.25) is 9.59 Å². The number of nitrogens with zero attached hydrogens (tertiary/aromatic N) is 3. The Hall–Kier alpha value is -3.02. The van der Waals surface area contributed by atoms with Crippen LogP contribution in [0, 0.1) is 5.82 Å². The van der Waals surface area contributed by atoms with Crippen molar-refractivity contribution in [2.24, 2.45) is 0 Å². The lowest BCUT2D eigenvalue weighted by atomic mass is 10.0. The van der Waals surface area contributed by atoms with Crippen LogP contribution in [0.1, 0.15) is 23.2 Å². The molecule has 0 radical (unpaired) electrons. The summed E-state index contributed by atoms with van der Waals surface area (Å²) in [6, 6.07) is 10.9. The van der Waals surface area contributed by atoms with E-state index in [1.807, 2.05) is 24.3 Å². The Kier molecular flexibility index (Phi) is 7.19. The van der Waals surface area contributed by atoms with E-state index in [1.165, 1.54) is 21.3 Å². The molecule has 2 aliphatic heterocycles. The molecule has 12 heteroatoms. The van der Waals surface area contributed by atoms with Crippen molar-refractivity contribution in [3.63, 3.8) is 0 Å². The number of benzene rings is 2. The molecule has 5 rings (SSSR count). The average molecular weight is 565 g/mol. The maximum atomic E-state index is 14.5. The van der Waals surface area contributed by atoms with Crippen molar-refractivity contribution in [2.75, 3.05) is 19.3 Å². The second-order valence-corrected chi connectivity index (χ2v) is 12.1. The lowest BCUT2D eigenvalue weighted by Gasteiger charge is -2.28. The van der Waals surface area contributed by atoms with E-state index < -0.39 is 39.9 Å². The molecule has 8 nitrogen and oxygen atoms in total. The first kappa shape index (κ1) is 26.6. The molecule has 1 fully saturated rings. The van der Waals surface area contributed by atoms with E-state index in [-0.39, 0.29) is 43.2 Å². The number of aromatic nitrogens is 1. The number of halogens is 3. The Labute approximate surface area is 224 Å². The summed E-state index contributed by atoms with van der Waals surface area (Å²) >= 11 is 5.80. The summed E-state index contributed by atoms with van der Waals surface area (Å²) in [4.78, 5) is 27.7. The molecule has 202 valence electrons. The first-order chi connectivity index (χ1) is 18.0. The number of hydrogen-bond acceptors (Lipinski definition) is 4. The van der Waals surface area contributed by atoms with Gasteiger partial charge in [-0.1, -0.05) is 41.9 Å². The third kappa shape index (κ3) is 5.02. The summed E-state index contributed by atoms with van der Waals surface area (Å²) in [6.45, 7) is -0.0974. The smallest absolute Gasteiger partial charge is 0.243 e. The Morgan fingerprint density at radius 1 is 1.16 bits per heavy atom. The largest absolute Gasteiger partial charge is 0.350 e. The molecular formula is C26H27ClF2N4O4S. The van der Waals surface area contributed by atoms with Crippen LogP contribution in [0.15, 0.2) is 42.5 Å². The van der Waals surface area contributed by atoms with Crippen LogP contribution in [-0.4, -0.2) is 65.6 Å². The third-order valence-electron chi connectivity index (χ3n) is 7.25. The monoisotopic (exact) mass is 564 g/mol. The molecule has 2 amide bonds. The molecule has 3 heterocycles. The molecule has 0 bridgehead atoms. The van der Waals surface area contributed by atoms with Crippen LogP contribution in [0.3, 0.4) is 0 Å². The fourth-order valence-electron chi connectivity index (χ4n) is 5.35. The number of carbonyl (C=O) groups is 2. The van der Waals surface area contributed by atoms with Crippen molar-refractivity contribution in [3.8, 4) is 0 Å². The van der Waals surface area contributed by atoms with Crippen molar-refractivity contribution in [3.05, 3.63) is 70.1 Å². The minimum Gasteiger partial charge on any atom is -0.350 e. The van der Waals surface area contributed by atoms with Crippen molar-refractivity contribution in [1.82, 2.24) is 19.1 Å². The zero-order chi connectivity index (χ0) is 27.2. The lowest BCUT2D eigenvalue weighted by Crippen LogP contribution is -2.47. The zero-order valence-corrected chi connectivity index (χ0v) is 22.2. The van der Waals surface area contributed by atoms with Crippen LogP contribution >= 0.6 is 11.6 Å². The first-order valence-electron chi connectivity index (χ1n) is 12.2. The number of fused-ring (bicyclic) bond motifs is 3. The SMILES string of the molecule is CS(=O)(=O)N1CCc2c(n(CC(=O)N3C[C@H](F)C[C@H]3C(=O)NCc3cccc(Cl)c3F)c3ccccc23)C1. The summed E-state index contributed by atoms with van der Waals surface area (Å²) < 4.78 is 56.3. The van der Waals surface area contributed by atoms with E-state index in [2.05, 4.69) is 5.32 Å². The molecule has 3 aromatic rings. The molecule has 0 spiro atoms. The van der Waals surface area contributed by atoms with Crippen LogP contribution in [0.5, 0.6) is 0 Å². The van der Waals surface area contributed by atoms with Gasteiger partial charge in [0.25, 0.3) is 0 Å². The minimum atomic E-state index is -3.44.